The van der Waals surface area contributed by atoms with Crippen molar-refractivity contribution in [3.05, 3.63) is 35.9 Å². The van der Waals surface area contributed by atoms with Crippen LogP contribution in [0.4, 0.5) is 0 Å². The van der Waals surface area contributed by atoms with E-state index in [4.69, 9.17) is 4.74 Å². The highest BCUT2D eigenvalue weighted by Gasteiger charge is 2.60. The number of ether oxygens (including phenoxy) is 1. The summed E-state index contributed by atoms with van der Waals surface area (Å²) < 4.78 is 5.00. The van der Waals surface area contributed by atoms with Gasteiger partial charge in [-0.3, -0.25) is 9.59 Å². The molecule has 4 atom stereocenters. The summed E-state index contributed by atoms with van der Waals surface area (Å²) in [5.41, 5.74) is 0.545. The quantitative estimate of drug-likeness (QED) is 0.736. The Morgan fingerprint density at radius 3 is 2.72 bits per heavy atom. The van der Waals surface area contributed by atoms with Crippen LogP contribution in [-0.2, 0) is 25.5 Å². The van der Waals surface area contributed by atoms with Crippen LogP contribution in [-0.4, -0.2) is 72.0 Å². The van der Waals surface area contributed by atoms with Gasteiger partial charge in [-0.1, -0.05) is 30.3 Å². The summed E-state index contributed by atoms with van der Waals surface area (Å²) >= 11 is 0. The summed E-state index contributed by atoms with van der Waals surface area (Å²) in [5.74, 6) is 0.151. The lowest BCUT2D eigenvalue weighted by atomic mass is 9.99. The molecule has 2 aliphatic heterocycles. The Kier molecular flexibility index (Phi) is 4.38. The monoisotopic (exact) mass is 397 g/mol. The van der Waals surface area contributed by atoms with E-state index in [1.165, 1.54) is 7.11 Å². The Bertz CT molecular complexity index is 838. The third-order valence-corrected chi connectivity index (χ3v) is 7.05. The van der Waals surface area contributed by atoms with Crippen molar-refractivity contribution in [3.8, 4) is 0 Å². The normalized spacial score (nSPS) is 30.1. The minimum Gasteiger partial charge on any atom is -0.467 e. The van der Waals surface area contributed by atoms with Gasteiger partial charge in [-0.05, 0) is 36.7 Å². The van der Waals surface area contributed by atoms with E-state index in [1.54, 1.807) is 9.80 Å². The third kappa shape index (κ3) is 3.12. The maximum absolute atomic E-state index is 13.7. The highest BCUT2D eigenvalue weighted by atomic mass is 16.5. The number of nitrogens with zero attached hydrogens (tertiary/aromatic N) is 2. The van der Waals surface area contributed by atoms with Gasteiger partial charge in [0.05, 0.1) is 12.6 Å². The van der Waals surface area contributed by atoms with Gasteiger partial charge in [-0.15, -0.1) is 0 Å². The van der Waals surface area contributed by atoms with Crippen LogP contribution in [0.3, 0.4) is 0 Å². The standard InChI is InChI=1S/C22H27N3O4/c1-29-20(27)18-16-12-15(16)13-25(18)19(26)17(11-14-5-3-2-4-6-14)24-10-9-23-22(7-8-22)21(24)28/h2-6,15-18,23H,7-13H2,1H3/t15?,16?,17-,18?/m0/s1. The number of methoxy groups -OCH3 is 1. The number of rotatable bonds is 5. The van der Waals surface area contributed by atoms with Gasteiger partial charge in [0.25, 0.3) is 0 Å². The Hall–Kier alpha value is -2.41. The van der Waals surface area contributed by atoms with E-state index in [0.717, 1.165) is 24.8 Å². The highest BCUT2D eigenvalue weighted by Crippen LogP contribution is 2.50. The van der Waals surface area contributed by atoms with Gasteiger partial charge in [0.15, 0.2) is 0 Å². The van der Waals surface area contributed by atoms with Gasteiger partial charge in [-0.2, -0.15) is 0 Å². The first-order valence-corrected chi connectivity index (χ1v) is 10.5. The summed E-state index contributed by atoms with van der Waals surface area (Å²) in [6.45, 7) is 1.78. The van der Waals surface area contributed by atoms with Crippen molar-refractivity contribution in [1.82, 2.24) is 15.1 Å². The van der Waals surface area contributed by atoms with E-state index in [0.29, 0.717) is 32.0 Å². The fraction of sp³-hybridized carbons (Fsp3) is 0.591. The fourth-order valence-electron chi connectivity index (χ4n) is 5.16. The third-order valence-electron chi connectivity index (χ3n) is 7.05. The van der Waals surface area contributed by atoms with E-state index in [9.17, 15) is 14.4 Å². The number of nitrogens with one attached hydrogen (secondary N) is 1. The van der Waals surface area contributed by atoms with Gasteiger partial charge < -0.3 is 19.9 Å². The largest absolute Gasteiger partial charge is 0.467 e. The number of carbonyl (C=O) groups excluding carboxylic acids is 3. The zero-order valence-electron chi connectivity index (χ0n) is 16.7. The molecule has 154 valence electrons. The Labute approximate surface area is 170 Å². The molecule has 4 aliphatic rings. The molecule has 2 saturated heterocycles. The minimum absolute atomic E-state index is 0.0250. The van der Waals surface area contributed by atoms with Crippen LogP contribution in [0.15, 0.2) is 30.3 Å². The Morgan fingerprint density at radius 2 is 2.03 bits per heavy atom. The lowest BCUT2D eigenvalue weighted by Gasteiger charge is -2.40. The smallest absolute Gasteiger partial charge is 0.328 e. The van der Waals surface area contributed by atoms with E-state index < -0.39 is 17.6 Å². The molecular formula is C22H27N3O4. The van der Waals surface area contributed by atoms with Gasteiger partial charge in [0.1, 0.15) is 12.1 Å². The first-order chi connectivity index (χ1) is 14.0. The molecule has 2 saturated carbocycles. The number of piperidine rings is 1. The van der Waals surface area contributed by atoms with Crippen molar-refractivity contribution in [3.63, 3.8) is 0 Å². The molecule has 0 radical (unpaired) electrons. The maximum atomic E-state index is 13.7. The van der Waals surface area contributed by atoms with Crippen LogP contribution < -0.4 is 5.32 Å². The summed E-state index contributed by atoms with van der Waals surface area (Å²) in [6, 6.07) is 8.70. The zero-order chi connectivity index (χ0) is 20.2. The van der Waals surface area contributed by atoms with Crippen molar-refractivity contribution in [2.45, 2.75) is 43.3 Å². The molecule has 1 aromatic carbocycles. The number of hydrogen-bond donors (Lipinski definition) is 1. The first-order valence-electron chi connectivity index (χ1n) is 10.5. The van der Waals surface area contributed by atoms with Crippen LogP contribution in [0.5, 0.6) is 0 Å². The predicted molar refractivity (Wildman–Crippen MR) is 105 cm³/mol. The molecule has 7 heteroatoms. The summed E-state index contributed by atoms with van der Waals surface area (Å²) in [7, 11) is 1.37. The van der Waals surface area contributed by atoms with Crippen molar-refractivity contribution in [1.29, 1.82) is 0 Å². The second-order valence-corrected chi connectivity index (χ2v) is 8.83. The van der Waals surface area contributed by atoms with E-state index in [1.807, 2.05) is 30.3 Å². The second kappa shape index (κ2) is 6.83. The average molecular weight is 397 g/mol. The van der Waals surface area contributed by atoms with Crippen LogP contribution in [0.25, 0.3) is 0 Å². The number of hydrogen-bond acceptors (Lipinski definition) is 5. The Morgan fingerprint density at radius 1 is 1.28 bits per heavy atom. The van der Waals surface area contributed by atoms with Crippen LogP contribution in [0, 0.1) is 11.8 Å². The summed E-state index contributed by atoms with van der Waals surface area (Å²) in [4.78, 5) is 42.8. The van der Waals surface area contributed by atoms with Crippen LogP contribution in [0.1, 0.15) is 24.8 Å². The SMILES string of the molecule is COC(=O)C1C2CC2CN1C(=O)[C@H](Cc1ccccc1)N1CCNC2(CC2)C1=O. The molecule has 1 aromatic rings. The van der Waals surface area contributed by atoms with Crippen molar-refractivity contribution in [2.75, 3.05) is 26.7 Å². The number of amides is 2. The highest BCUT2D eigenvalue weighted by molar-refractivity contribution is 5.96. The average Bonchev–Trinajstić information content (AvgIpc) is 3.66. The predicted octanol–water partition coefficient (Wildman–Crippen LogP) is 0.582. The van der Waals surface area contributed by atoms with Crippen molar-refractivity contribution >= 4 is 17.8 Å². The first kappa shape index (κ1) is 18.6. The van der Waals surface area contributed by atoms with Crippen LogP contribution >= 0.6 is 0 Å². The lowest BCUT2D eigenvalue weighted by molar-refractivity contribution is -0.157. The van der Waals surface area contributed by atoms with Gasteiger partial charge in [-0.25, -0.2) is 4.79 Å². The van der Waals surface area contributed by atoms with E-state index >= 15 is 0 Å². The van der Waals surface area contributed by atoms with E-state index in [-0.39, 0.29) is 23.7 Å². The van der Waals surface area contributed by atoms with Crippen LogP contribution in [0.2, 0.25) is 0 Å². The molecule has 4 fully saturated rings. The van der Waals surface area contributed by atoms with Gasteiger partial charge in [0.2, 0.25) is 11.8 Å². The molecule has 2 amide bonds. The number of fused-ring (bicyclic) bond motifs is 1. The minimum atomic E-state index is -0.589. The zero-order valence-corrected chi connectivity index (χ0v) is 16.7. The molecule has 2 heterocycles. The molecule has 29 heavy (non-hydrogen) atoms. The number of benzene rings is 1. The van der Waals surface area contributed by atoms with Crippen molar-refractivity contribution in [2.24, 2.45) is 11.8 Å². The molecule has 0 bridgehead atoms. The number of esters is 1. The molecule has 0 aromatic heterocycles. The molecule has 3 unspecified atom stereocenters. The molecule has 5 rings (SSSR count). The molecule has 1 spiro atoms. The van der Waals surface area contributed by atoms with E-state index in [2.05, 4.69) is 5.32 Å². The number of likely N-dealkylation sites (tertiary alicyclic amines) is 1. The maximum Gasteiger partial charge on any atom is 0.328 e. The molecule has 7 nitrogen and oxygen atoms in total. The summed E-state index contributed by atoms with van der Waals surface area (Å²) in [6.07, 6.45) is 3.09. The number of piperazine rings is 1. The molecule has 1 N–H and O–H groups in total. The van der Waals surface area contributed by atoms with Gasteiger partial charge in [0, 0.05) is 26.1 Å². The number of carbonyl (C=O) groups is 3. The summed E-state index contributed by atoms with van der Waals surface area (Å²) in [5, 5.41) is 3.34. The van der Waals surface area contributed by atoms with Gasteiger partial charge >= 0.3 is 5.97 Å². The Balaban J connectivity index is 1.44. The van der Waals surface area contributed by atoms with Crippen molar-refractivity contribution < 1.29 is 19.1 Å². The second-order valence-electron chi connectivity index (χ2n) is 8.83. The topological polar surface area (TPSA) is 79.0 Å². The lowest BCUT2D eigenvalue weighted by Crippen LogP contribution is -2.64. The molecule has 2 aliphatic carbocycles. The fourth-order valence-corrected chi connectivity index (χ4v) is 5.16. The molecular weight excluding hydrogens is 370 g/mol.